The van der Waals surface area contributed by atoms with Gasteiger partial charge >= 0.3 is 5.97 Å². The molecule has 0 radical (unpaired) electrons. The standard InChI is InChI=1S/C37H64O4/c1-3-4-5-6-16-19-22-25-34(32-37(38)39)26-23-20-17-14-12-10-8-7-9-11-13-15-18-21-24-31-41-33-35-27-29-36(40-2)30-28-35/h9,11,27-30,34H,3-8,10,12-26,31-33H2,1-2H3,(H,38,39)/b11-9-. The predicted octanol–water partition coefficient (Wildman–Crippen LogP) is 11.5. The first kappa shape index (κ1) is 37.2. The van der Waals surface area contributed by atoms with Gasteiger partial charge in [-0.25, -0.2) is 0 Å². The minimum atomic E-state index is -0.616. The van der Waals surface area contributed by atoms with Crippen LogP contribution in [0.3, 0.4) is 0 Å². The van der Waals surface area contributed by atoms with Crippen LogP contribution in [0.1, 0.15) is 160 Å². The summed E-state index contributed by atoms with van der Waals surface area (Å²) in [5, 5.41) is 9.27. The zero-order valence-corrected chi connectivity index (χ0v) is 26.9. The molecular formula is C37H64O4. The molecule has 0 bridgehead atoms. The molecule has 1 aromatic carbocycles. The van der Waals surface area contributed by atoms with Crippen molar-refractivity contribution in [3.63, 3.8) is 0 Å². The van der Waals surface area contributed by atoms with Crippen LogP contribution in [-0.2, 0) is 16.1 Å². The monoisotopic (exact) mass is 572 g/mol. The van der Waals surface area contributed by atoms with Gasteiger partial charge in [0.05, 0.1) is 13.7 Å². The van der Waals surface area contributed by atoms with Crippen LogP contribution in [0, 0.1) is 5.92 Å². The number of carbonyl (C=O) groups is 1. The van der Waals surface area contributed by atoms with Gasteiger partial charge in [0.25, 0.3) is 0 Å². The number of ether oxygens (including phenoxy) is 2. The first-order valence-corrected chi connectivity index (χ1v) is 17.2. The molecule has 0 spiro atoms. The fourth-order valence-electron chi connectivity index (χ4n) is 5.53. The van der Waals surface area contributed by atoms with Gasteiger partial charge in [-0.05, 0) is 68.6 Å². The Morgan fingerprint density at radius 1 is 0.707 bits per heavy atom. The van der Waals surface area contributed by atoms with E-state index in [1.807, 2.05) is 12.1 Å². The molecule has 236 valence electrons. The lowest BCUT2D eigenvalue weighted by Crippen LogP contribution is -2.08. The Kier molecular flexibility index (Phi) is 25.7. The number of unbranched alkanes of at least 4 members (excludes halogenated alkanes) is 17. The quantitative estimate of drug-likeness (QED) is 0.0735. The maximum Gasteiger partial charge on any atom is 0.303 e. The van der Waals surface area contributed by atoms with Crippen molar-refractivity contribution in [2.75, 3.05) is 13.7 Å². The van der Waals surface area contributed by atoms with Crippen LogP contribution in [0.2, 0.25) is 0 Å². The minimum Gasteiger partial charge on any atom is -0.497 e. The highest BCUT2D eigenvalue weighted by atomic mass is 16.5. The van der Waals surface area contributed by atoms with Crippen molar-refractivity contribution in [2.45, 2.75) is 161 Å². The molecule has 1 rings (SSSR count). The molecule has 4 nitrogen and oxygen atoms in total. The number of aliphatic carboxylic acids is 1. The van der Waals surface area contributed by atoms with Crippen molar-refractivity contribution in [1.82, 2.24) is 0 Å². The predicted molar refractivity (Wildman–Crippen MR) is 175 cm³/mol. The second kappa shape index (κ2) is 28.3. The molecule has 0 saturated heterocycles. The lowest BCUT2D eigenvalue weighted by atomic mass is 9.91. The maximum absolute atomic E-state index is 11.2. The summed E-state index contributed by atoms with van der Waals surface area (Å²) in [6.45, 7) is 3.78. The highest BCUT2D eigenvalue weighted by Crippen LogP contribution is 2.22. The van der Waals surface area contributed by atoms with Crippen molar-refractivity contribution in [1.29, 1.82) is 0 Å². The number of rotatable bonds is 30. The molecule has 1 atom stereocenters. The molecule has 0 amide bonds. The maximum atomic E-state index is 11.2. The Balaban J connectivity index is 1.85. The molecule has 4 heteroatoms. The normalized spacial score (nSPS) is 12.2. The molecule has 0 saturated carbocycles. The van der Waals surface area contributed by atoms with Crippen molar-refractivity contribution in [3.8, 4) is 5.75 Å². The van der Waals surface area contributed by atoms with Crippen molar-refractivity contribution in [2.24, 2.45) is 5.92 Å². The number of methoxy groups -OCH3 is 1. The molecule has 0 aliphatic rings. The fourth-order valence-corrected chi connectivity index (χ4v) is 5.53. The number of carboxylic acid groups (broad SMARTS) is 1. The second-order valence-electron chi connectivity index (χ2n) is 12.0. The largest absolute Gasteiger partial charge is 0.497 e. The summed E-state index contributed by atoms with van der Waals surface area (Å²) >= 11 is 0. The minimum absolute atomic E-state index is 0.365. The van der Waals surface area contributed by atoms with E-state index in [0.29, 0.717) is 18.9 Å². The molecular weight excluding hydrogens is 508 g/mol. The lowest BCUT2D eigenvalue weighted by Gasteiger charge is -2.14. The first-order chi connectivity index (χ1) is 20.2. The lowest BCUT2D eigenvalue weighted by molar-refractivity contribution is -0.138. The van der Waals surface area contributed by atoms with Crippen LogP contribution in [0.15, 0.2) is 36.4 Å². The van der Waals surface area contributed by atoms with Crippen molar-refractivity contribution < 1.29 is 19.4 Å². The first-order valence-electron chi connectivity index (χ1n) is 17.2. The van der Waals surface area contributed by atoms with Crippen LogP contribution in [0.5, 0.6) is 5.75 Å². The number of benzene rings is 1. The third-order valence-corrected chi connectivity index (χ3v) is 8.17. The van der Waals surface area contributed by atoms with Gasteiger partial charge in [-0.3, -0.25) is 4.79 Å². The number of hydrogen-bond donors (Lipinski definition) is 1. The van der Waals surface area contributed by atoms with Crippen LogP contribution in [-0.4, -0.2) is 24.8 Å². The fraction of sp³-hybridized carbons (Fsp3) is 0.757. The third kappa shape index (κ3) is 24.5. The summed E-state index contributed by atoms with van der Waals surface area (Å²) in [6.07, 6.45) is 32.9. The van der Waals surface area contributed by atoms with Gasteiger partial charge in [0.1, 0.15) is 5.75 Å². The van der Waals surface area contributed by atoms with Gasteiger partial charge in [-0.1, -0.05) is 128 Å². The molecule has 0 aliphatic heterocycles. The average molecular weight is 573 g/mol. The van der Waals surface area contributed by atoms with E-state index in [2.05, 4.69) is 31.2 Å². The van der Waals surface area contributed by atoms with Crippen LogP contribution in [0.4, 0.5) is 0 Å². The molecule has 1 N–H and O–H groups in total. The highest BCUT2D eigenvalue weighted by Gasteiger charge is 2.12. The Morgan fingerprint density at radius 3 is 1.71 bits per heavy atom. The van der Waals surface area contributed by atoms with E-state index in [-0.39, 0.29) is 0 Å². The summed E-state index contributed by atoms with van der Waals surface area (Å²) in [7, 11) is 1.69. The highest BCUT2D eigenvalue weighted by molar-refractivity contribution is 5.66. The van der Waals surface area contributed by atoms with Gasteiger partial charge in [0, 0.05) is 13.0 Å². The second-order valence-corrected chi connectivity index (χ2v) is 12.0. The van der Waals surface area contributed by atoms with E-state index >= 15 is 0 Å². The van der Waals surface area contributed by atoms with Gasteiger partial charge in [0.2, 0.25) is 0 Å². The molecule has 41 heavy (non-hydrogen) atoms. The van der Waals surface area contributed by atoms with Crippen molar-refractivity contribution in [3.05, 3.63) is 42.0 Å². The topological polar surface area (TPSA) is 55.8 Å². The molecule has 0 heterocycles. The van der Waals surface area contributed by atoms with Crippen LogP contribution >= 0.6 is 0 Å². The Labute approximate surface area is 253 Å². The van der Waals surface area contributed by atoms with E-state index in [4.69, 9.17) is 9.47 Å². The van der Waals surface area contributed by atoms with E-state index in [9.17, 15) is 9.90 Å². The summed E-state index contributed by atoms with van der Waals surface area (Å²) in [5.74, 6) is 0.661. The zero-order valence-electron chi connectivity index (χ0n) is 26.9. The van der Waals surface area contributed by atoms with E-state index in [1.165, 1.54) is 128 Å². The van der Waals surface area contributed by atoms with E-state index < -0.39 is 5.97 Å². The molecule has 1 aromatic rings. The molecule has 1 unspecified atom stereocenters. The number of carboxylic acids is 1. The summed E-state index contributed by atoms with van der Waals surface area (Å²) < 4.78 is 11.0. The summed E-state index contributed by atoms with van der Waals surface area (Å²) in [4.78, 5) is 11.2. The molecule has 0 fully saturated rings. The van der Waals surface area contributed by atoms with E-state index in [0.717, 1.165) is 31.6 Å². The SMILES string of the molecule is CCCCCCCCCC(CCCCCCCCC/C=C\CCCCCCOCc1ccc(OC)cc1)CC(=O)O. The van der Waals surface area contributed by atoms with Gasteiger partial charge < -0.3 is 14.6 Å². The summed E-state index contributed by atoms with van der Waals surface area (Å²) in [5.41, 5.74) is 1.20. The Bertz CT molecular complexity index is 727. The average Bonchev–Trinajstić information content (AvgIpc) is 2.97. The smallest absolute Gasteiger partial charge is 0.303 e. The van der Waals surface area contributed by atoms with Gasteiger partial charge in [-0.2, -0.15) is 0 Å². The molecule has 0 aliphatic carbocycles. The Hall–Kier alpha value is -1.81. The zero-order chi connectivity index (χ0) is 29.6. The van der Waals surface area contributed by atoms with Gasteiger partial charge in [0.15, 0.2) is 0 Å². The Morgan fingerprint density at radius 2 is 1.20 bits per heavy atom. The van der Waals surface area contributed by atoms with Crippen LogP contribution in [0.25, 0.3) is 0 Å². The number of hydrogen-bond acceptors (Lipinski definition) is 3. The molecule has 0 aromatic heterocycles. The van der Waals surface area contributed by atoms with E-state index in [1.54, 1.807) is 7.11 Å². The number of allylic oxidation sites excluding steroid dienone is 2. The summed E-state index contributed by atoms with van der Waals surface area (Å²) in [6, 6.07) is 8.09. The van der Waals surface area contributed by atoms with Crippen LogP contribution < -0.4 is 4.74 Å². The third-order valence-electron chi connectivity index (χ3n) is 8.17. The van der Waals surface area contributed by atoms with Crippen molar-refractivity contribution >= 4 is 5.97 Å². The van der Waals surface area contributed by atoms with Gasteiger partial charge in [-0.15, -0.1) is 0 Å².